The van der Waals surface area contributed by atoms with Crippen LogP contribution in [-0.4, -0.2) is 19.2 Å². The molecule has 1 fully saturated rings. The normalized spacial score (nSPS) is 25.0. The van der Waals surface area contributed by atoms with Gasteiger partial charge in [0, 0.05) is 12.1 Å². The maximum absolute atomic E-state index is 5.42. The number of hydrogen-bond donors (Lipinski definition) is 1. The van der Waals surface area contributed by atoms with Crippen molar-refractivity contribution in [3.63, 3.8) is 0 Å². The third kappa shape index (κ3) is 4.24. The lowest BCUT2D eigenvalue weighted by atomic mass is 9.87. The Bertz CT molecular complexity index is 383. The van der Waals surface area contributed by atoms with E-state index in [0.717, 1.165) is 18.1 Å². The molecular formula is C17H27NO. The summed E-state index contributed by atoms with van der Waals surface area (Å²) in [5.41, 5.74) is 1.30. The van der Waals surface area contributed by atoms with Crippen molar-refractivity contribution in [1.29, 1.82) is 0 Å². The van der Waals surface area contributed by atoms with Gasteiger partial charge in [0.2, 0.25) is 0 Å². The van der Waals surface area contributed by atoms with Crippen LogP contribution < -0.4 is 10.1 Å². The van der Waals surface area contributed by atoms with Gasteiger partial charge in [0.15, 0.2) is 0 Å². The maximum atomic E-state index is 5.42. The lowest BCUT2D eigenvalue weighted by molar-refractivity contribution is 0.289. The average Bonchev–Trinajstić information content (AvgIpc) is 2.42. The quantitative estimate of drug-likeness (QED) is 0.870. The molecule has 0 saturated heterocycles. The molecule has 1 N–H and O–H groups in total. The number of ether oxygens (including phenoxy) is 1. The summed E-state index contributed by atoms with van der Waals surface area (Å²) in [6.07, 6.45) is 6.45. The second kappa shape index (κ2) is 6.95. The Balaban J connectivity index is 1.85. The van der Waals surface area contributed by atoms with Crippen LogP contribution in [0.25, 0.3) is 0 Å². The van der Waals surface area contributed by atoms with Crippen molar-refractivity contribution >= 4 is 0 Å². The standard InChI is InChI=1S/C17H27NO/c1-13-8-10-16(11-9-13)18-14(2)12-15-6-4-5-7-17(15)19-3/h4-7,13-14,16,18H,8-12H2,1-3H3. The van der Waals surface area contributed by atoms with Crippen LogP contribution >= 0.6 is 0 Å². The van der Waals surface area contributed by atoms with Crippen molar-refractivity contribution in [2.75, 3.05) is 7.11 Å². The summed E-state index contributed by atoms with van der Waals surface area (Å²) in [5.74, 6) is 1.93. The summed E-state index contributed by atoms with van der Waals surface area (Å²) in [7, 11) is 1.75. The average molecular weight is 261 g/mol. The van der Waals surface area contributed by atoms with Crippen LogP contribution in [0, 0.1) is 5.92 Å². The minimum atomic E-state index is 0.509. The van der Waals surface area contributed by atoms with Gasteiger partial charge in [0.1, 0.15) is 5.75 Å². The van der Waals surface area contributed by atoms with E-state index < -0.39 is 0 Å². The Labute approximate surface area is 117 Å². The SMILES string of the molecule is COc1ccccc1CC(C)NC1CCC(C)CC1. The van der Waals surface area contributed by atoms with Crippen LogP contribution in [0.4, 0.5) is 0 Å². The fourth-order valence-electron chi connectivity index (χ4n) is 3.09. The first kappa shape index (κ1) is 14.4. The number of para-hydroxylation sites is 1. The first-order valence-electron chi connectivity index (χ1n) is 7.57. The molecule has 0 spiro atoms. The molecule has 2 rings (SSSR count). The molecule has 1 aromatic rings. The van der Waals surface area contributed by atoms with Gasteiger partial charge in [-0.3, -0.25) is 0 Å². The highest BCUT2D eigenvalue weighted by Crippen LogP contribution is 2.24. The monoisotopic (exact) mass is 261 g/mol. The van der Waals surface area contributed by atoms with Gasteiger partial charge in [-0.25, -0.2) is 0 Å². The van der Waals surface area contributed by atoms with Crippen LogP contribution in [0.3, 0.4) is 0 Å². The number of benzene rings is 1. The van der Waals surface area contributed by atoms with E-state index >= 15 is 0 Å². The van der Waals surface area contributed by atoms with Gasteiger partial charge in [-0.05, 0) is 56.6 Å². The Morgan fingerprint density at radius 1 is 1.21 bits per heavy atom. The molecule has 0 bridgehead atoms. The molecule has 1 saturated carbocycles. The third-order valence-electron chi connectivity index (χ3n) is 4.25. The highest BCUT2D eigenvalue weighted by molar-refractivity contribution is 5.33. The van der Waals surface area contributed by atoms with Gasteiger partial charge >= 0.3 is 0 Å². The third-order valence-corrected chi connectivity index (χ3v) is 4.25. The second-order valence-corrected chi connectivity index (χ2v) is 6.04. The molecule has 0 amide bonds. The Morgan fingerprint density at radius 3 is 2.58 bits per heavy atom. The molecule has 0 aromatic heterocycles. The van der Waals surface area contributed by atoms with Crippen LogP contribution in [-0.2, 0) is 6.42 Å². The lowest BCUT2D eigenvalue weighted by Gasteiger charge is -2.30. The van der Waals surface area contributed by atoms with E-state index in [1.54, 1.807) is 7.11 Å². The molecule has 0 aliphatic heterocycles. The van der Waals surface area contributed by atoms with E-state index in [9.17, 15) is 0 Å². The number of nitrogens with one attached hydrogen (secondary N) is 1. The minimum Gasteiger partial charge on any atom is -0.496 e. The van der Waals surface area contributed by atoms with E-state index in [-0.39, 0.29) is 0 Å². The predicted molar refractivity (Wildman–Crippen MR) is 80.7 cm³/mol. The maximum Gasteiger partial charge on any atom is 0.122 e. The molecule has 1 aliphatic rings. The van der Waals surface area contributed by atoms with Crippen LogP contribution in [0.2, 0.25) is 0 Å². The summed E-state index contributed by atoms with van der Waals surface area (Å²) in [6.45, 7) is 4.65. The fraction of sp³-hybridized carbons (Fsp3) is 0.647. The van der Waals surface area contributed by atoms with Gasteiger partial charge in [-0.1, -0.05) is 25.1 Å². The summed E-state index contributed by atoms with van der Waals surface area (Å²) in [6, 6.07) is 9.55. The number of methoxy groups -OCH3 is 1. The summed E-state index contributed by atoms with van der Waals surface area (Å²) in [4.78, 5) is 0. The Morgan fingerprint density at radius 2 is 1.89 bits per heavy atom. The zero-order valence-electron chi connectivity index (χ0n) is 12.5. The van der Waals surface area contributed by atoms with Crippen molar-refractivity contribution in [2.45, 2.75) is 58.0 Å². The van der Waals surface area contributed by atoms with Crippen molar-refractivity contribution in [3.8, 4) is 5.75 Å². The van der Waals surface area contributed by atoms with Gasteiger partial charge in [-0.2, -0.15) is 0 Å². The molecule has 19 heavy (non-hydrogen) atoms. The molecule has 1 unspecified atom stereocenters. The molecule has 1 atom stereocenters. The summed E-state index contributed by atoms with van der Waals surface area (Å²) in [5, 5.41) is 3.78. The van der Waals surface area contributed by atoms with Gasteiger partial charge < -0.3 is 10.1 Å². The Hall–Kier alpha value is -1.02. The van der Waals surface area contributed by atoms with Gasteiger partial charge in [0.05, 0.1) is 7.11 Å². The lowest BCUT2D eigenvalue weighted by Crippen LogP contribution is -2.39. The smallest absolute Gasteiger partial charge is 0.122 e. The van der Waals surface area contributed by atoms with Crippen LogP contribution in [0.15, 0.2) is 24.3 Å². The van der Waals surface area contributed by atoms with E-state index in [0.29, 0.717) is 12.1 Å². The minimum absolute atomic E-state index is 0.509. The van der Waals surface area contributed by atoms with E-state index in [1.165, 1.54) is 31.2 Å². The van der Waals surface area contributed by atoms with Crippen LogP contribution in [0.1, 0.15) is 45.1 Å². The number of rotatable bonds is 5. The zero-order chi connectivity index (χ0) is 13.7. The Kier molecular flexibility index (Phi) is 5.26. The van der Waals surface area contributed by atoms with Gasteiger partial charge in [0.25, 0.3) is 0 Å². The molecular weight excluding hydrogens is 234 g/mol. The number of hydrogen-bond acceptors (Lipinski definition) is 2. The molecule has 0 radical (unpaired) electrons. The van der Waals surface area contributed by atoms with Crippen molar-refractivity contribution in [3.05, 3.63) is 29.8 Å². The molecule has 1 aliphatic carbocycles. The fourth-order valence-corrected chi connectivity index (χ4v) is 3.09. The highest BCUT2D eigenvalue weighted by atomic mass is 16.5. The molecule has 2 nitrogen and oxygen atoms in total. The second-order valence-electron chi connectivity index (χ2n) is 6.04. The van der Waals surface area contributed by atoms with E-state index in [2.05, 4.69) is 31.3 Å². The highest BCUT2D eigenvalue weighted by Gasteiger charge is 2.19. The molecule has 1 aromatic carbocycles. The van der Waals surface area contributed by atoms with Crippen LogP contribution in [0.5, 0.6) is 5.75 Å². The first-order chi connectivity index (χ1) is 9.19. The largest absolute Gasteiger partial charge is 0.496 e. The summed E-state index contributed by atoms with van der Waals surface area (Å²) >= 11 is 0. The topological polar surface area (TPSA) is 21.3 Å². The van der Waals surface area contributed by atoms with E-state index in [4.69, 9.17) is 4.74 Å². The van der Waals surface area contributed by atoms with E-state index in [1.807, 2.05) is 12.1 Å². The van der Waals surface area contributed by atoms with Gasteiger partial charge in [-0.15, -0.1) is 0 Å². The van der Waals surface area contributed by atoms with Crippen molar-refractivity contribution < 1.29 is 4.74 Å². The molecule has 0 heterocycles. The summed E-state index contributed by atoms with van der Waals surface area (Å²) < 4.78 is 5.42. The molecule has 106 valence electrons. The van der Waals surface area contributed by atoms with Crippen molar-refractivity contribution in [1.82, 2.24) is 5.32 Å². The predicted octanol–water partition coefficient (Wildman–Crippen LogP) is 3.79. The first-order valence-corrected chi connectivity index (χ1v) is 7.57. The molecule has 2 heteroatoms. The van der Waals surface area contributed by atoms with Crippen molar-refractivity contribution in [2.24, 2.45) is 5.92 Å². The zero-order valence-corrected chi connectivity index (χ0v) is 12.5.